The molecule has 0 aliphatic carbocycles. The van der Waals surface area contributed by atoms with Gasteiger partial charge in [-0.1, -0.05) is 12.2 Å². The molecule has 0 unspecified atom stereocenters. The highest BCUT2D eigenvalue weighted by Crippen LogP contribution is 2.19. The lowest BCUT2D eigenvalue weighted by atomic mass is 10.1. The molecule has 6 heteroatoms. The summed E-state index contributed by atoms with van der Waals surface area (Å²) in [4.78, 5) is 18.4. The van der Waals surface area contributed by atoms with Crippen molar-refractivity contribution in [2.75, 3.05) is 25.0 Å². The molecule has 0 saturated heterocycles. The first-order valence-electron chi connectivity index (χ1n) is 6.70. The Morgan fingerprint density at radius 1 is 1.40 bits per heavy atom. The van der Waals surface area contributed by atoms with E-state index in [4.69, 9.17) is 18.0 Å². The molecule has 0 spiro atoms. The zero-order chi connectivity index (χ0) is 15.3. The molecule has 0 aromatic carbocycles. The minimum atomic E-state index is 0.0519. The fourth-order valence-corrected chi connectivity index (χ4v) is 2.40. The lowest BCUT2D eigenvalue weighted by Crippen LogP contribution is -2.35. The van der Waals surface area contributed by atoms with E-state index >= 15 is 0 Å². The Kier molecular flexibility index (Phi) is 5.88. The summed E-state index contributed by atoms with van der Waals surface area (Å²) >= 11 is 5.06. The van der Waals surface area contributed by atoms with E-state index in [0.29, 0.717) is 18.7 Å². The number of carbonyl (C=O) groups is 1. The van der Waals surface area contributed by atoms with Gasteiger partial charge in [0, 0.05) is 30.2 Å². The minimum Gasteiger partial charge on any atom is -0.389 e. The summed E-state index contributed by atoms with van der Waals surface area (Å²) in [5.41, 5.74) is 8.85. The molecule has 0 saturated carbocycles. The smallest absolute Gasteiger partial charge is 0.241 e. The van der Waals surface area contributed by atoms with Gasteiger partial charge < -0.3 is 16.0 Å². The van der Waals surface area contributed by atoms with E-state index in [2.05, 4.69) is 10.3 Å². The van der Waals surface area contributed by atoms with Gasteiger partial charge in [0.05, 0.1) is 12.1 Å². The number of rotatable bonds is 6. The van der Waals surface area contributed by atoms with Crippen molar-refractivity contribution in [2.24, 2.45) is 5.73 Å². The van der Waals surface area contributed by atoms with Gasteiger partial charge in [0.2, 0.25) is 5.91 Å². The molecule has 1 amide bonds. The van der Waals surface area contributed by atoms with Gasteiger partial charge in [-0.3, -0.25) is 9.78 Å². The molecule has 0 atom stereocenters. The highest BCUT2D eigenvalue weighted by atomic mass is 32.1. The summed E-state index contributed by atoms with van der Waals surface area (Å²) in [6, 6.07) is 1.86. The van der Waals surface area contributed by atoms with Crippen LogP contribution in [-0.4, -0.2) is 40.4 Å². The molecule has 1 aromatic heterocycles. The lowest BCUT2D eigenvalue weighted by molar-refractivity contribution is -0.128. The fourth-order valence-electron chi connectivity index (χ4n) is 2.14. The monoisotopic (exact) mass is 294 g/mol. The number of nitrogens with one attached hydrogen (secondary N) is 1. The van der Waals surface area contributed by atoms with Gasteiger partial charge in [0.15, 0.2) is 0 Å². The molecule has 1 rings (SSSR count). The first kappa shape index (κ1) is 16.4. The number of pyridine rings is 1. The number of anilines is 1. The molecule has 0 aliphatic heterocycles. The van der Waals surface area contributed by atoms with E-state index in [1.807, 2.05) is 33.8 Å². The molecular weight excluding hydrogens is 272 g/mol. The third-order valence-electron chi connectivity index (χ3n) is 3.12. The normalized spacial score (nSPS) is 10.2. The van der Waals surface area contributed by atoms with Crippen LogP contribution in [0, 0.1) is 13.8 Å². The van der Waals surface area contributed by atoms with Crippen molar-refractivity contribution in [3.8, 4) is 0 Å². The van der Waals surface area contributed by atoms with Crippen LogP contribution < -0.4 is 11.1 Å². The highest BCUT2D eigenvalue weighted by Gasteiger charge is 2.14. The van der Waals surface area contributed by atoms with Crippen LogP contribution in [0.4, 0.5) is 5.69 Å². The molecule has 0 radical (unpaired) electrons. The number of likely N-dealkylation sites (N-methyl/N-ethyl adjacent to an activating group) is 1. The number of hydrogen-bond donors (Lipinski definition) is 2. The summed E-state index contributed by atoms with van der Waals surface area (Å²) in [5, 5.41) is 3.13. The number of nitrogens with two attached hydrogens (primary N) is 1. The molecule has 0 bridgehead atoms. The Balaban J connectivity index is 2.92. The number of aromatic nitrogens is 1. The molecule has 1 heterocycles. The Bertz CT molecular complexity index is 512. The second kappa shape index (κ2) is 7.19. The van der Waals surface area contributed by atoms with Gasteiger partial charge in [0.25, 0.3) is 0 Å². The third kappa shape index (κ3) is 3.90. The maximum Gasteiger partial charge on any atom is 0.241 e. The van der Waals surface area contributed by atoms with Gasteiger partial charge >= 0.3 is 0 Å². The van der Waals surface area contributed by atoms with Crippen molar-refractivity contribution in [3.63, 3.8) is 0 Å². The standard InChI is InChI=1S/C14H22N4OS/c1-5-18(6-2)12(19)8-16-11-7-9(3)17-10(4)13(11)14(15)20/h7H,5-6,8H2,1-4H3,(H2,15,20)(H,16,17). The molecule has 3 N–H and O–H groups in total. The van der Waals surface area contributed by atoms with Crippen LogP contribution in [0.15, 0.2) is 6.07 Å². The summed E-state index contributed by atoms with van der Waals surface area (Å²) < 4.78 is 0. The number of nitrogens with zero attached hydrogens (tertiary/aromatic N) is 2. The topological polar surface area (TPSA) is 71.2 Å². The maximum absolute atomic E-state index is 12.0. The number of hydrogen-bond acceptors (Lipinski definition) is 4. The molecular formula is C14H22N4OS. The van der Waals surface area contributed by atoms with Crippen LogP contribution in [0.1, 0.15) is 30.8 Å². The predicted molar refractivity (Wildman–Crippen MR) is 86.0 cm³/mol. The summed E-state index contributed by atoms with van der Waals surface area (Å²) in [7, 11) is 0. The lowest BCUT2D eigenvalue weighted by Gasteiger charge is -2.20. The van der Waals surface area contributed by atoms with Crippen LogP contribution in [0.2, 0.25) is 0 Å². The zero-order valence-corrected chi connectivity index (χ0v) is 13.3. The number of aryl methyl sites for hydroxylation is 2. The van der Waals surface area contributed by atoms with Crippen molar-refractivity contribution in [3.05, 3.63) is 23.0 Å². The quantitative estimate of drug-likeness (QED) is 0.780. The highest BCUT2D eigenvalue weighted by molar-refractivity contribution is 7.80. The largest absolute Gasteiger partial charge is 0.389 e. The molecule has 110 valence electrons. The molecule has 1 aromatic rings. The SMILES string of the molecule is CCN(CC)C(=O)CNc1cc(C)nc(C)c1C(N)=S. The first-order chi connectivity index (χ1) is 9.40. The summed E-state index contributed by atoms with van der Waals surface area (Å²) in [6.45, 7) is 9.30. The molecule has 20 heavy (non-hydrogen) atoms. The van der Waals surface area contributed by atoms with Crippen molar-refractivity contribution < 1.29 is 4.79 Å². The van der Waals surface area contributed by atoms with E-state index in [9.17, 15) is 4.79 Å². The second-order valence-electron chi connectivity index (χ2n) is 4.56. The first-order valence-corrected chi connectivity index (χ1v) is 7.11. The van der Waals surface area contributed by atoms with Crippen LogP contribution in [0.25, 0.3) is 0 Å². The third-order valence-corrected chi connectivity index (χ3v) is 3.33. The van der Waals surface area contributed by atoms with Crippen molar-refractivity contribution >= 4 is 28.8 Å². The zero-order valence-electron chi connectivity index (χ0n) is 12.5. The number of thiocarbonyl (C=S) groups is 1. The summed E-state index contributed by atoms with van der Waals surface area (Å²) in [5.74, 6) is 0.0519. The van der Waals surface area contributed by atoms with Crippen LogP contribution in [-0.2, 0) is 4.79 Å². The minimum absolute atomic E-state index is 0.0519. The van der Waals surface area contributed by atoms with Crippen LogP contribution >= 0.6 is 12.2 Å². The predicted octanol–water partition coefficient (Wildman–Crippen LogP) is 1.61. The fraction of sp³-hybridized carbons (Fsp3) is 0.500. The number of carbonyl (C=O) groups excluding carboxylic acids is 1. The van der Waals surface area contributed by atoms with Crippen molar-refractivity contribution in [2.45, 2.75) is 27.7 Å². The van der Waals surface area contributed by atoms with Crippen molar-refractivity contribution in [1.82, 2.24) is 9.88 Å². The van der Waals surface area contributed by atoms with Gasteiger partial charge in [-0.05, 0) is 33.8 Å². The Morgan fingerprint density at radius 2 is 2.00 bits per heavy atom. The van der Waals surface area contributed by atoms with Gasteiger partial charge in [-0.15, -0.1) is 0 Å². The van der Waals surface area contributed by atoms with E-state index in [1.165, 1.54) is 0 Å². The van der Waals surface area contributed by atoms with Gasteiger partial charge in [0.1, 0.15) is 4.99 Å². The maximum atomic E-state index is 12.0. The Labute approximate surface area is 125 Å². The molecule has 5 nitrogen and oxygen atoms in total. The van der Waals surface area contributed by atoms with Gasteiger partial charge in [-0.2, -0.15) is 0 Å². The second-order valence-corrected chi connectivity index (χ2v) is 5.00. The average Bonchev–Trinajstić information content (AvgIpc) is 2.36. The average molecular weight is 294 g/mol. The molecule has 0 fully saturated rings. The van der Waals surface area contributed by atoms with Crippen LogP contribution in [0.3, 0.4) is 0 Å². The van der Waals surface area contributed by atoms with Crippen LogP contribution in [0.5, 0.6) is 0 Å². The summed E-state index contributed by atoms with van der Waals surface area (Å²) in [6.07, 6.45) is 0. The van der Waals surface area contributed by atoms with Crippen molar-refractivity contribution in [1.29, 1.82) is 0 Å². The molecule has 0 aliphatic rings. The Morgan fingerprint density at radius 3 is 2.50 bits per heavy atom. The van der Waals surface area contributed by atoms with E-state index in [-0.39, 0.29) is 17.4 Å². The Hall–Kier alpha value is -1.69. The van der Waals surface area contributed by atoms with Gasteiger partial charge in [-0.25, -0.2) is 0 Å². The van der Waals surface area contributed by atoms with E-state index in [0.717, 1.165) is 17.1 Å². The van der Waals surface area contributed by atoms with E-state index in [1.54, 1.807) is 4.90 Å². The van der Waals surface area contributed by atoms with E-state index < -0.39 is 0 Å². The number of amides is 1.